The number of aliphatic carboxylic acids is 1. The fraction of sp³-hybridized carbons (Fsp3) is 0.562. The molecule has 0 radical (unpaired) electrons. The van der Waals surface area contributed by atoms with Crippen LogP contribution in [-0.2, 0) is 21.0 Å². The van der Waals surface area contributed by atoms with Gasteiger partial charge in [0.2, 0.25) is 10.0 Å². The van der Waals surface area contributed by atoms with Gasteiger partial charge in [-0.25, -0.2) is 8.42 Å². The number of carbonyl (C=O) groups is 1. The van der Waals surface area contributed by atoms with Gasteiger partial charge in [-0.3, -0.25) is 4.79 Å². The number of hydrogen-bond donors (Lipinski definition) is 2. The number of carboxylic acid groups (broad SMARTS) is 1. The lowest BCUT2D eigenvalue weighted by molar-refractivity contribution is -0.162. The summed E-state index contributed by atoms with van der Waals surface area (Å²) < 4.78 is 66.0. The third kappa shape index (κ3) is 3.58. The predicted molar refractivity (Wildman–Crippen MR) is 85.8 cm³/mol. The monoisotopic (exact) mass is 395 g/mol. The molecule has 146 valence electrons. The normalized spacial score (nSPS) is 25.2. The molecule has 0 unspecified atom stereocenters. The maximum Gasteiger partial charge on any atom is 0.417 e. The van der Waals surface area contributed by atoms with E-state index in [0.29, 0.717) is 12.5 Å². The summed E-state index contributed by atoms with van der Waals surface area (Å²) in [7, 11) is -4.58. The number of piperidine rings is 1. The zero-order chi connectivity index (χ0) is 19.8. The number of aliphatic hydroxyl groups excluding tert-OH is 1. The Morgan fingerprint density at radius 3 is 2.50 bits per heavy atom. The van der Waals surface area contributed by atoms with Crippen molar-refractivity contribution in [3.8, 4) is 0 Å². The Morgan fingerprint density at radius 2 is 1.96 bits per heavy atom. The topological polar surface area (TPSA) is 94.9 Å². The first-order valence-electron chi connectivity index (χ1n) is 8.04. The molecule has 2 atom stereocenters. The van der Waals surface area contributed by atoms with E-state index in [1.807, 2.05) is 0 Å². The molecule has 10 heteroatoms. The van der Waals surface area contributed by atoms with Crippen LogP contribution in [-0.4, -0.2) is 48.1 Å². The van der Waals surface area contributed by atoms with Crippen LogP contribution in [0.3, 0.4) is 0 Å². The standard InChI is InChI=1S/C16H20F3NO5S/c1-2-8-15(14(22)23)10-20(9-7-13(15)21)26(24,25)12-6-4-3-5-11(12)16(17,18)19/h3-6,13,21H,2,7-10H2,1H3,(H,22,23)/t13-,15-/m0/s1. The van der Waals surface area contributed by atoms with Crippen LogP contribution in [0.1, 0.15) is 31.7 Å². The van der Waals surface area contributed by atoms with E-state index < -0.39 is 50.7 Å². The molecule has 6 nitrogen and oxygen atoms in total. The van der Waals surface area contributed by atoms with Gasteiger partial charge < -0.3 is 10.2 Å². The lowest BCUT2D eigenvalue weighted by Gasteiger charge is -2.42. The number of sulfonamides is 1. The zero-order valence-corrected chi connectivity index (χ0v) is 14.8. The van der Waals surface area contributed by atoms with Gasteiger partial charge >= 0.3 is 12.1 Å². The van der Waals surface area contributed by atoms with E-state index in [2.05, 4.69) is 0 Å². The van der Waals surface area contributed by atoms with Crippen molar-refractivity contribution >= 4 is 16.0 Å². The number of hydrogen-bond acceptors (Lipinski definition) is 4. The molecule has 0 amide bonds. The van der Waals surface area contributed by atoms with E-state index in [0.717, 1.165) is 16.4 Å². The third-order valence-corrected chi connectivity index (χ3v) is 6.58. The number of aliphatic hydroxyl groups is 1. The highest BCUT2D eigenvalue weighted by Crippen LogP contribution is 2.40. The van der Waals surface area contributed by atoms with Gasteiger partial charge in [0.1, 0.15) is 5.41 Å². The quantitative estimate of drug-likeness (QED) is 0.798. The van der Waals surface area contributed by atoms with Crippen LogP contribution in [0.4, 0.5) is 13.2 Å². The average Bonchev–Trinajstić information content (AvgIpc) is 2.56. The lowest BCUT2D eigenvalue weighted by Crippen LogP contribution is -2.57. The Labute approximate surface area is 149 Å². The molecule has 0 spiro atoms. The first-order valence-corrected chi connectivity index (χ1v) is 9.48. The molecule has 1 fully saturated rings. The summed E-state index contributed by atoms with van der Waals surface area (Å²) in [4.78, 5) is 10.8. The SMILES string of the molecule is CCC[C@]1(C(=O)O)CN(S(=O)(=O)c2ccccc2C(F)(F)F)CC[C@@H]1O. The van der Waals surface area contributed by atoms with E-state index in [-0.39, 0.29) is 19.4 Å². The Kier molecular flexibility index (Phi) is 5.69. The second-order valence-electron chi connectivity index (χ2n) is 6.35. The zero-order valence-electron chi connectivity index (χ0n) is 14.0. The maximum atomic E-state index is 13.2. The number of nitrogens with zero attached hydrogens (tertiary/aromatic N) is 1. The van der Waals surface area contributed by atoms with Crippen molar-refractivity contribution in [2.75, 3.05) is 13.1 Å². The highest BCUT2D eigenvalue weighted by Gasteiger charge is 2.51. The largest absolute Gasteiger partial charge is 0.481 e. The number of alkyl halides is 3. The summed E-state index contributed by atoms with van der Waals surface area (Å²) in [5.41, 5.74) is -3.05. The molecule has 0 aromatic heterocycles. The van der Waals surface area contributed by atoms with Gasteiger partial charge in [-0.15, -0.1) is 0 Å². The van der Waals surface area contributed by atoms with Crippen molar-refractivity contribution in [3.05, 3.63) is 29.8 Å². The molecule has 1 aliphatic heterocycles. The lowest BCUT2D eigenvalue weighted by atomic mass is 9.74. The van der Waals surface area contributed by atoms with E-state index in [4.69, 9.17) is 0 Å². The molecule has 2 rings (SSSR count). The van der Waals surface area contributed by atoms with Crippen LogP contribution < -0.4 is 0 Å². The molecular formula is C16H20F3NO5S. The molecule has 1 aromatic rings. The van der Waals surface area contributed by atoms with Crippen LogP contribution in [0.5, 0.6) is 0 Å². The first-order chi connectivity index (χ1) is 12.0. The Morgan fingerprint density at radius 1 is 1.35 bits per heavy atom. The van der Waals surface area contributed by atoms with E-state index in [1.54, 1.807) is 6.92 Å². The van der Waals surface area contributed by atoms with Crippen LogP contribution in [0, 0.1) is 5.41 Å². The molecule has 0 aliphatic carbocycles. The molecule has 2 N–H and O–H groups in total. The molecular weight excluding hydrogens is 375 g/mol. The molecule has 1 heterocycles. The molecule has 26 heavy (non-hydrogen) atoms. The number of carboxylic acids is 1. The van der Waals surface area contributed by atoms with E-state index in [9.17, 15) is 36.6 Å². The van der Waals surface area contributed by atoms with Crippen molar-refractivity contribution < 1.29 is 36.6 Å². The summed E-state index contributed by atoms with van der Waals surface area (Å²) >= 11 is 0. The summed E-state index contributed by atoms with van der Waals surface area (Å²) in [5.74, 6) is -1.36. The van der Waals surface area contributed by atoms with Crippen molar-refractivity contribution in [1.82, 2.24) is 4.31 Å². The molecule has 1 saturated heterocycles. The summed E-state index contributed by atoms with van der Waals surface area (Å²) in [6.07, 6.45) is -5.93. The van der Waals surface area contributed by atoms with Gasteiger partial charge in [-0.05, 0) is 25.0 Å². The third-order valence-electron chi connectivity index (χ3n) is 4.68. The Balaban J connectivity index is 2.50. The van der Waals surface area contributed by atoms with Gasteiger partial charge in [-0.2, -0.15) is 17.5 Å². The van der Waals surface area contributed by atoms with Gasteiger partial charge in [0, 0.05) is 13.1 Å². The van der Waals surface area contributed by atoms with Crippen molar-refractivity contribution in [2.45, 2.75) is 43.4 Å². The van der Waals surface area contributed by atoms with Gasteiger partial charge in [0.05, 0.1) is 16.6 Å². The Bertz CT molecular complexity index is 780. The predicted octanol–water partition coefficient (Wildman–Crippen LogP) is 2.33. The van der Waals surface area contributed by atoms with E-state index in [1.165, 1.54) is 6.07 Å². The van der Waals surface area contributed by atoms with Crippen LogP contribution in [0.2, 0.25) is 0 Å². The van der Waals surface area contributed by atoms with Gasteiger partial charge in [-0.1, -0.05) is 25.5 Å². The first kappa shape index (κ1) is 20.7. The number of halogens is 3. The summed E-state index contributed by atoms with van der Waals surface area (Å²) in [5, 5.41) is 19.7. The fourth-order valence-corrected chi connectivity index (χ4v) is 5.06. The van der Waals surface area contributed by atoms with Crippen molar-refractivity contribution in [2.24, 2.45) is 5.41 Å². The van der Waals surface area contributed by atoms with Crippen LogP contribution in [0.15, 0.2) is 29.2 Å². The highest BCUT2D eigenvalue weighted by atomic mass is 32.2. The van der Waals surface area contributed by atoms with Crippen molar-refractivity contribution in [3.63, 3.8) is 0 Å². The van der Waals surface area contributed by atoms with Crippen molar-refractivity contribution in [1.29, 1.82) is 0 Å². The van der Waals surface area contributed by atoms with Gasteiger partial charge in [0.25, 0.3) is 0 Å². The molecule has 0 bridgehead atoms. The molecule has 0 saturated carbocycles. The Hall–Kier alpha value is -1.65. The second kappa shape index (κ2) is 7.16. The molecule has 1 aromatic carbocycles. The number of benzene rings is 1. The average molecular weight is 395 g/mol. The fourth-order valence-electron chi connectivity index (χ4n) is 3.32. The van der Waals surface area contributed by atoms with Crippen LogP contribution >= 0.6 is 0 Å². The smallest absolute Gasteiger partial charge is 0.417 e. The maximum absolute atomic E-state index is 13.2. The summed E-state index contributed by atoms with van der Waals surface area (Å²) in [6, 6.07) is 3.78. The van der Waals surface area contributed by atoms with Crippen LogP contribution in [0.25, 0.3) is 0 Å². The highest BCUT2D eigenvalue weighted by molar-refractivity contribution is 7.89. The minimum absolute atomic E-state index is 0.0104. The minimum atomic E-state index is -4.87. The molecule has 1 aliphatic rings. The van der Waals surface area contributed by atoms with Gasteiger partial charge in [0.15, 0.2) is 0 Å². The number of rotatable bonds is 5. The summed E-state index contributed by atoms with van der Waals surface area (Å²) in [6.45, 7) is 0.851. The minimum Gasteiger partial charge on any atom is -0.481 e. The van der Waals surface area contributed by atoms with E-state index >= 15 is 0 Å². The second-order valence-corrected chi connectivity index (χ2v) is 8.25.